The van der Waals surface area contributed by atoms with Crippen molar-refractivity contribution < 1.29 is 0 Å². The van der Waals surface area contributed by atoms with E-state index in [0.29, 0.717) is 11.1 Å². The van der Waals surface area contributed by atoms with Gasteiger partial charge < -0.3 is 9.13 Å². The van der Waals surface area contributed by atoms with Gasteiger partial charge >= 0.3 is 0 Å². The number of rotatable bonds is 4. The van der Waals surface area contributed by atoms with Crippen molar-refractivity contribution in [3.05, 3.63) is 169 Å². The number of benzene rings is 7. The minimum Gasteiger partial charge on any atom is -0.309 e. The molecule has 0 atom stereocenters. The summed E-state index contributed by atoms with van der Waals surface area (Å²) in [6.07, 6.45) is 0. The van der Waals surface area contributed by atoms with Gasteiger partial charge in [0.15, 0.2) is 0 Å². The van der Waals surface area contributed by atoms with Crippen LogP contribution in [0.5, 0.6) is 0 Å². The number of nitriles is 2. The van der Waals surface area contributed by atoms with E-state index in [2.05, 4.69) is 143 Å². The molecule has 0 N–H and O–H groups in total. The Morgan fingerprint density at radius 2 is 0.854 bits per heavy atom. The van der Waals surface area contributed by atoms with Gasteiger partial charge in [0.2, 0.25) is 0 Å². The van der Waals surface area contributed by atoms with Crippen molar-refractivity contribution in [3.8, 4) is 45.8 Å². The van der Waals surface area contributed by atoms with Crippen LogP contribution < -0.4 is 0 Å². The fourth-order valence-electron chi connectivity index (χ4n) is 7.30. The molecule has 0 radical (unpaired) electrons. The van der Waals surface area contributed by atoms with Crippen molar-refractivity contribution in [2.24, 2.45) is 0 Å². The highest BCUT2D eigenvalue weighted by atomic mass is 15.0. The summed E-state index contributed by atoms with van der Waals surface area (Å²) in [4.78, 5) is 0. The second kappa shape index (κ2) is 10.9. The average Bonchev–Trinajstić information content (AvgIpc) is 3.67. The van der Waals surface area contributed by atoms with Gasteiger partial charge in [-0.05, 0) is 77.4 Å². The van der Waals surface area contributed by atoms with Crippen LogP contribution in [0, 0.1) is 22.7 Å². The molecule has 48 heavy (non-hydrogen) atoms. The first-order chi connectivity index (χ1) is 23.7. The molecule has 9 aromatic rings. The van der Waals surface area contributed by atoms with Crippen molar-refractivity contribution >= 4 is 43.6 Å². The Hall–Kier alpha value is -6.88. The van der Waals surface area contributed by atoms with Crippen LogP contribution >= 0.6 is 0 Å². The number of hydrogen-bond donors (Lipinski definition) is 0. The van der Waals surface area contributed by atoms with Crippen molar-refractivity contribution in [1.82, 2.24) is 9.13 Å². The molecular formula is C44H26N4. The van der Waals surface area contributed by atoms with E-state index in [-0.39, 0.29) is 0 Å². The zero-order valence-corrected chi connectivity index (χ0v) is 25.8. The Bertz CT molecular complexity index is 2710. The molecule has 0 fully saturated rings. The molecule has 9 rings (SSSR count). The molecule has 4 heteroatoms. The normalized spacial score (nSPS) is 11.3. The van der Waals surface area contributed by atoms with Crippen molar-refractivity contribution in [2.45, 2.75) is 0 Å². The Morgan fingerprint density at radius 1 is 0.375 bits per heavy atom. The molecule has 0 unspecified atom stereocenters. The van der Waals surface area contributed by atoms with E-state index in [1.807, 2.05) is 36.4 Å². The SMILES string of the molecule is N#Cc1ccc(-c2ccc(C#N)cc2-n2c3ccccc3c3ccccc32)c(-c2cccc(-n3c4ccccc4c4ccccc43)c2)c1. The van der Waals surface area contributed by atoms with E-state index < -0.39 is 0 Å². The van der Waals surface area contributed by atoms with E-state index in [4.69, 9.17) is 0 Å². The first-order valence-electron chi connectivity index (χ1n) is 15.9. The average molecular weight is 611 g/mol. The van der Waals surface area contributed by atoms with Crippen molar-refractivity contribution in [3.63, 3.8) is 0 Å². The summed E-state index contributed by atoms with van der Waals surface area (Å²) in [6.45, 7) is 0. The van der Waals surface area contributed by atoms with Gasteiger partial charge in [-0.3, -0.25) is 0 Å². The Morgan fingerprint density at radius 3 is 1.40 bits per heavy atom. The first kappa shape index (κ1) is 27.4. The third kappa shape index (κ3) is 4.14. The summed E-state index contributed by atoms with van der Waals surface area (Å²) >= 11 is 0. The van der Waals surface area contributed by atoms with Gasteiger partial charge in [0.25, 0.3) is 0 Å². The summed E-state index contributed by atoms with van der Waals surface area (Å²) < 4.78 is 4.57. The van der Waals surface area contributed by atoms with Gasteiger partial charge in [-0.2, -0.15) is 10.5 Å². The standard InChI is InChI=1S/C44H26N4/c45-27-29-20-22-33(38-23-21-30(28-46)25-44(38)48-42-18-7-3-14-36(42)37-15-4-8-19-43(37)48)39(24-29)31-10-9-11-32(26-31)47-40-16-5-1-12-34(40)35-13-2-6-17-41(35)47/h1-26H. The number of nitrogens with zero attached hydrogens (tertiary/aromatic N) is 4. The maximum atomic E-state index is 10.0. The molecule has 0 saturated heterocycles. The molecule has 4 nitrogen and oxygen atoms in total. The summed E-state index contributed by atoms with van der Waals surface area (Å²) in [6, 6.07) is 58.9. The number of fused-ring (bicyclic) bond motifs is 6. The van der Waals surface area contributed by atoms with Crippen LogP contribution in [0.3, 0.4) is 0 Å². The van der Waals surface area contributed by atoms with Crippen LogP contribution in [-0.4, -0.2) is 9.13 Å². The smallest absolute Gasteiger partial charge is 0.0992 e. The highest BCUT2D eigenvalue weighted by Gasteiger charge is 2.19. The molecule has 0 aliphatic rings. The topological polar surface area (TPSA) is 57.4 Å². The molecule has 7 aromatic carbocycles. The van der Waals surface area contributed by atoms with E-state index in [1.54, 1.807) is 0 Å². The zero-order valence-electron chi connectivity index (χ0n) is 25.8. The van der Waals surface area contributed by atoms with Crippen LogP contribution in [0.1, 0.15) is 11.1 Å². The second-order valence-electron chi connectivity index (χ2n) is 12.0. The van der Waals surface area contributed by atoms with Crippen molar-refractivity contribution in [2.75, 3.05) is 0 Å². The minimum absolute atomic E-state index is 0.583. The lowest BCUT2D eigenvalue weighted by Crippen LogP contribution is -2.00. The third-order valence-electron chi connectivity index (χ3n) is 9.38. The lowest BCUT2D eigenvalue weighted by atomic mass is 9.91. The zero-order chi connectivity index (χ0) is 32.2. The quantitative estimate of drug-likeness (QED) is 0.199. The van der Waals surface area contributed by atoms with Gasteiger partial charge in [0.05, 0.1) is 51.0 Å². The molecule has 0 saturated carbocycles. The molecule has 222 valence electrons. The summed E-state index contributed by atoms with van der Waals surface area (Å²) in [7, 11) is 0. The summed E-state index contributed by atoms with van der Waals surface area (Å²) in [5, 5.41) is 24.8. The molecule has 2 heterocycles. The Kier molecular flexibility index (Phi) is 6.22. The van der Waals surface area contributed by atoms with Gasteiger partial charge in [0, 0.05) is 32.8 Å². The molecular weight excluding hydrogens is 585 g/mol. The summed E-state index contributed by atoms with van der Waals surface area (Å²) in [5.41, 5.74) is 11.4. The lowest BCUT2D eigenvalue weighted by molar-refractivity contribution is 1.18. The third-order valence-corrected chi connectivity index (χ3v) is 9.38. The van der Waals surface area contributed by atoms with Gasteiger partial charge in [-0.15, -0.1) is 0 Å². The van der Waals surface area contributed by atoms with Crippen LogP contribution in [0.25, 0.3) is 77.2 Å². The maximum Gasteiger partial charge on any atom is 0.0992 e. The van der Waals surface area contributed by atoms with Crippen LogP contribution in [0.15, 0.2) is 158 Å². The lowest BCUT2D eigenvalue weighted by Gasteiger charge is -2.18. The summed E-state index contributed by atoms with van der Waals surface area (Å²) in [5.74, 6) is 0. The largest absolute Gasteiger partial charge is 0.309 e. The maximum absolute atomic E-state index is 10.0. The van der Waals surface area contributed by atoms with Crippen molar-refractivity contribution in [1.29, 1.82) is 10.5 Å². The minimum atomic E-state index is 0.583. The monoisotopic (exact) mass is 610 g/mol. The van der Waals surface area contributed by atoms with E-state index in [0.717, 1.165) is 66.5 Å². The fourth-order valence-corrected chi connectivity index (χ4v) is 7.30. The second-order valence-corrected chi connectivity index (χ2v) is 12.0. The Labute approximate surface area is 277 Å². The highest BCUT2D eigenvalue weighted by Crippen LogP contribution is 2.41. The first-order valence-corrected chi connectivity index (χ1v) is 15.9. The van der Waals surface area contributed by atoms with Crippen LogP contribution in [0.2, 0.25) is 0 Å². The van der Waals surface area contributed by atoms with E-state index in [1.165, 1.54) is 10.8 Å². The van der Waals surface area contributed by atoms with Gasteiger partial charge in [0.1, 0.15) is 0 Å². The molecule has 0 aliphatic heterocycles. The van der Waals surface area contributed by atoms with E-state index in [9.17, 15) is 10.5 Å². The van der Waals surface area contributed by atoms with E-state index >= 15 is 0 Å². The van der Waals surface area contributed by atoms with Crippen LogP contribution in [0.4, 0.5) is 0 Å². The number of hydrogen-bond acceptors (Lipinski definition) is 2. The molecule has 2 aromatic heterocycles. The highest BCUT2D eigenvalue weighted by molar-refractivity contribution is 6.11. The Balaban J connectivity index is 1.31. The molecule has 0 bridgehead atoms. The molecule has 0 spiro atoms. The number of para-hydroxylation sites is 4. The molecule has 0 amide bonds. The fraction of sp³-hybridized carbons (Fsp3) is 0. The predicted molar refractivity (Wildman–Crippen MR) is 195 cm³/mol. The number of aromatic nitrogens is 2. The molecule has 0 aliphatic carbocycles. The van der Waals surface area contributed by atoms with Gasteiger partial charge in [-0.25, -0.2) is 0 Å². The van der Waals surface area contributed by atoms with Crippen LogP contribution in [-0.2, 0) is 0 Å². The predicted octanol–water partition coefficient (Wildman–Crippen LogP) is 11.0. The van der Waals surface area contributed by atoms with Gasteiger partial charge in [-0.1, -0.05) is 97.1 Å².